The first-order valence-corrected chi connectivity index (χ1v) is 6.26. The van der Waals surface area contributed by atoms with Crippen molar-refractivity contribution >= 4 is 17.6 Å². The zero-order chi connectivity index (χ0) is 13.7. The van der Waals surface area contributed by atoms with Gasteiger partial charge in [-0.1, -0.05) is 13.0 Å². The topological polar surface area (TPSA) is 79.5 Å². The molecule has 19 heavy (non-hydrogen) atoms. The molecule has 102 valence electrons. The second-order valence-electron chi connectivity index (χ2n) is 4.28. The Hall–Kier alpha value is -2.24. The van der Waals surface area contributed by atoms with E-state index < -0.39 is 0 Å². The molecule has 1 heterocycles. The number of hydrogen-bond acceptors (Lipinski definition) is 3. The summed E-state index contributed by atoms with van der Waals surface area (Å²) in [5, 5.41) is 8.21. The highest BCUT2D eigenvalue weighted by molar-refractivity contribution is 5.95. The lowest BCUT2D eigenvalue weighted by atomic mass is 10.1. The number of amides is 3. The van der Waals surface area contributed by atoms with Crippen LogP contribution in [0.15, 0.2) is 18.2 Å². The van der Waals surface area contributed by atoms with E-state index in [9.17, 15) is 9.59 Å². The van der Waals surface area contributed by atoms with Gasteiger partial charge in [-0.25, -0.2) is 4.79 Å². The van der Waals surface area contributed by atoms with Crippen molar-refractivity contribution in [1.82, 2.24) is 10.6 Å². The Morgan fingerprint density at radius 3 is 3.05 bits per heavy atom. The summed E-state index contributed by atoms with van der Waals surface area (Å²) in [5.74, 6) is 0.483. The molecule has 2 rings (SSSR count). The number of anilines is 1. The maximum Gasteiger partial charge on any atom is 0.315 e. The van der Waals surface area contributed by atoms with Gasteiger partial charge >= 0.3 is 6.03 Å². The van der Waals surface area contributed by atoms with Crippen LogP contribution in [0.5, 0.6) is 5.75 Å². The van der Waals surface area contributed by atoms with Crippen molar-refractivity contribution in [2.24, 2.45) is 0 Å². The van der Waals surface area contributed by atoms with Crippen molar-refractivity contribution in [3.63, 3.8) is 0 Å². The van der Waals surface area contributed by atoms with E-state index in [1.807, 2.05) is 13.0 Å². The third-order valence-corrected chi connectivity index (χ3v) is 2.67. The van der Waals surface area contributed by atoms with Crippen LogP contribution in [0.1, 0.15) is 18.9 Å². The number of benzene rings is 1. The average Bonchev–Trinajstić information content (AvgIpc) is 2.42. The molecular weight excluding hydrogens is 246 g/mol. The Balaban J connectivity index is 1.93. The zero-order valence-electron chi connectivity index (χ0n) is 10.8. The van der Waals surface area contributed by atoms with Gasteiger partial charge < -0.3 is 20.7 Å². The van der Waals surface area contributed by atoms with E-state index in [1.165, 1.54) is 0 Å². The number of urea groups is 1. The molecule has 0 aromatic heterocycles. The molecule has 1 aromatic rings. The van der Waals surface area contributed by atoms with Crippen LogP contribution in [-0.4, -0.2) is 25.1 Å². The predicted octanol–water partition coefficient (Wildman–Crippen LogP) is 1.23. The fourth-order valence-electron chi connectivity index (χ4n) is 1.72. The van der Waals surface area contributed by atoms with Crippen LogP contribution < -0.4 is 20.7 Å². The Morgan fingerprint density at radius 2 is 2.26 bits per heavy atom. The number of nitrogens with one attached hydrogen (secondary N) is 3. The summed E-state index contributed by atoms with van der Waals surface area (Å²) in [6, 6.07) is 5.25. The molecule has 1 aromatic carbocycles. The molecule has 0 saturated carbocycles. The van der Waals surface area contributed by atoms with E-state index in [-0.39, 0.29) is 18.5 Å². The molecule has 0 radical (unpaired) electrons. The van der Waals surface area contributed by atoms with Gasteiger partial charge in [0, 0.05) is 13.1 Å². The number of fused-ring (bicyclic) bond motifs is 1. The number of hydrogen-bond donors (Lipinski definition) is 3. The van der Waals surface area contributed by atoms with Gasteiger partial charge in [0.2, 0.25) is 0 Å². The van der Waals surface area contributed by atoms with E-state index in [2.05, 4.69) is 16.0 Å². The monoisotopic (exact) mass is 263 g/mol. The lowest BCUT2D eigenvalue weighted by molar-refractivity contribution is -0.118. The van der Waals surface area contributed by atoms with E-state index in [0.29, 0.717) is 24.5 Å². The number of carbonyl (C=O) groups is 2. The molecule has 0 aliphatic carbocycles. The molecule has 3 amide bonds. The third-order valence-electron chi connectivity index (χ3n) is 2.67. The average molecular weight is 263 g/mol. The van der Waals surface area contributed by atoms with Crippen LogP contribution >= 0.6 is 0 Å². The highest BCUT2D eigenvalue weighted by atomic mass is 16.5. The van der Waals surface area contributed by atoms with E-state index in [4.69, 9.17) is 4.74 Å². The van der Waals surface area contributed by atoms with Crippen molar-refractivity contribution in [3.8, 4) is 5.75 Å². The fraction of sp³-hybridized carbons (Fsp3) is 0.385. The van der Waals surface area contributed by atoms with Gasteiger partial charge in [0.25, 0.3) is 5.91 Å². The Kier molecular flexibility index (Phi) is 4.22. The van der Waals surface area contributed by atoms with Crippen LogP contribution in [0.3, 0.4) is 0 Å². The van der Waals surface area contributed by atoms with E-state index in [0.717, 1.165) is 12.0 Å². The van der Waals surface area contributed by atoms with Crippen molar-refractivity contribution in [2.75, 3.05) is 18.5 Å². The SMILES string of the molecule is CCCNC(=O)NCc1ccc2c(c1)NC(=O)CO2. The summed E-state index contributed by atoms with van der Waals surface area (Å²) in [6.07, 6.45) is 0.898. The molecule has 6 heteroatoms. The summed E-state index contributed by atoms with van der Waals surface area (Å²) in [7, 11) is 0. The smallest absolute Gasteiger partial charge is 0.315 e. The summed E-state index contributed by atoms with van der Waals surface area (Å²) in [5.41, 5.74) is 1.54. The first-order chi connectivity index (χ1) is 9.19. The van der Waals surface area contributed by atoms with Crippen LogP contribution in [0, 0.1) is 0 Å². The molecule has 0 atom stereocenters. The predicted molar refractivity (Wildman–Crippen MR) is 71.1 cm³/mol. The molecule has 0 saturated heterocycles. The largest absolute Gasteiger partial charge is 0.482 e. The van der Waals surface area contributed by atoms with Gasteiger partial charge in [0.05, 0.1) is 5.69 Å². The van der Waals surface area contributed by atoms with Crippen LogP contribution in [-0.2, 0) is 11.3 Å². The maximum atomic E-state index is 11.4. The lowest BCUT2D eigenvalue weighted by Gasteiger charge is -2.18. The second kappa shape index (κ2) is 6.08. The minimum absolute atomic E-state index is 0.0457. The van der Waals surface area contributed by atoms with Gasteiger partial charge in [-0.3, -0.25) is 4.79 Å². The quantitative estimate of drug-likeness (QED) is 0.764. The summed E-state index contributed by atoms with van der Waals surface area (Å²) < 4.78 is 5.26. The minimum atomic E-state index is -0.195. The Labute approximate surface area is 111 Å². The van der Waals surface area contributed by atoms with Gasteiger partial charge in [-0.15, -0.1) is 0 Å². The Morgan fingerprint density at radius 1 is 1.42 bits per heavy atom. The van der Waals surface area contributed by atoms with Crippen LogP contribution in [0.2, 0.25) is 0 Å². The van der Waals surface area contributed by atoms with Crippen molar-refractivity contribution in [2.45, 2.75) is 19.9 Å². The molecule has 3 N–H and O–H groups in total. The molecule has 0 unspecified atom stereocenters. The molecular formula is C13H17N3O3. The number of carbonyl (C=O) groups excluding carboxylic acids is 2. The molecule has 1 aliphatic heterocycles. The lowest BCUT2D eigenvalue weighted by Crippen LogP contribution is -2.35. The van der Waals surface area contributed by atoms with Crippen molar-refractivity contribution < 1.29 is 14.3 Å². The standard InChI is InChI=1S/C13H17N3O3/c1-2-5-14-13(18)15-7-9-3-4-11-10(6-9)16-12(17)8-19-11/h3-4,6H,2,5,7-8H2,1H3,(H,16,17)(H2,14,15,18). The van der Waals surface area contributed by atoms with Gasteiger partial charge in [-0.05, 0) is 24.1 Å². The van der Waals surface area contributed by atoms with Gasteiger partial charge in [0.1, 0.15) is 5.75 Å². The summed E-state index contributed by atoms with van der Waals surface area (Å²) in [4.78, 5) is 22.6. The summed E-state index contributed by atoms with van der Waals surface area (Å²) in [6.45, 7) is 3.09. The third kappa shape index (κ3) is 3.61. The highest BCUT2D eigenvalue weighted by Crippen LogP contribution is 2.28. The zero-order valence-corrected chi connectivity index (χ0v) is 10.8. The van der Waals surface area contributed by atoms with Gasteiger partial charge in [-0.2, -0.15) is 0 Å². The molecule has 0 spiro atoms. The minimum Gasteiger partial charge on any atom is -0.482 e. The normalized spacial score (nSPS) is 13.0. The second-order valence-corrected chi connectivity index (χ2v) is 4.28. The molecule has 0 fully saturated rings. The van der Waals surface area contributed by atoms with Crippen molar-refractivity contribution in [3.05, 3.63) is 23.8 Å². The molecule has 0 bridgehead atoms. The van der Waals surface area contributed by atoms with Crippen molar-refractivity contribution in [1.29, 1.82) is 0 Å². The van der Waals surface area contributed by atoms with Crippen LogP contribution in [0.25, 0.3) is 0 Å². The number of ether oxygens (including phenoxy) is 1. The maximum absolute atomic E-state index is 11.4. The number of rotatable bonds is 4. The van der Waals surface area contributed by atoms with Gasteiger partial charge in [0.15, 0.2) is 6.61 Å². The summed E-state index contributed by atoms with van der Waals surface area (Å²) >= 11 is 0. The molecule has 6 nitrogen and oxygen atoms in total. The van der Waals surface area contributed by atoms with E-state index >= 15 is 0 Å². The first-order valence-electron chi connectivity index (χ1n) is 6.26. The van der Waals surface area contributed by atoms with E-state index in [1.54, 1.807) is 12.1 Å². The highest BCUT2D eigenvalue weighted by Gasteiger charge is 2.15. The first kappa shape index (κ1) is 13.2. The Bertz CT molecular complexity index is 488. The van der Waals surface area contributed by atoms with Crippen LogP contribution in [0.4, 0.5) is 10.5 Å². The molecule has 1 aliphatic rings. The fourth-order valence-corrected chi connectivity index (χ4v) is 1.72.